The molecule has 0 aliphatic rings. The molecular formula is C10H11BrClN3O2S3. The minimum atomic E-state index is -3.67. The molecule has 2 rings (SSSR count). The molecule has 2 heterocycles. The molecule has 2 aromatic heterocycles. The highest BCUT2D eigenvalue weighted by Gasteiger charge is 2.21. The Kier molecular flexibility index (Phi) is 5.06. The minimum Gasteiger partial charge on any atom is -0.253 e. The summed E-state index contributed by atoms with van der Waals surface area (Å²) >= 11 is 11.3. The van der Waals surface area contributed by atoms with Gasteiger partial charge >= 0.3 is 0 Å². The molecule has 0 saturated carbocycles. The van der Waals surface area contributed by atoms with Crippen LogP contribution in [0.1, 0.15) is 18.9 Å². The topological polar surface area (TPSA) is 72.0 Å². The zero-order chi connectivity index (χ0) is 14.9. The number of sulfonamides is 1. The summed E-state index contributed by atoms with van der Waals surface area (Å²) in [6.07, 6.45) is 0.774. The summed E-state index contributed by atoms with van der Waals surface area (Å²) in [7, 11) is -3.67. The molecule has 0 atom stereocenters. The van der Waals surface area contributed by atoms with Gasteiger partial charge in [0.15, 0.2) is 0 Å². The van der Waals surface area contributed by atoms with Gasteiger partial charge in [-0.1, -0.05) is 36.8 Å². The van der Waals surface area contributed by atoms with Crippen LogP contribution >= 0.6 is 50.2 Å². The summed E-state index contributed by atoms with van der Waals surface area (Å²) in [6.45, 7) is 4.13. The SMILES string of the molecule is CC(C)Cc1nnc(NS(=O)(=O)c2cc(Cl)c(Br)s2)s1. The summed E-state index contributed by atoms with van der Waals surface area (Å²) in [5.41, 5.74) is 0. The Bertz CT molecular complexity index is 692. The second-order valence-corrected chi connectivity index (χ2v) is 10.1. The first-order valence-corrected chi connectivity index (χ1v) is 9.86. The standard InChI is InChI=1S/C10H11BrClN3O2S3/c1-5(2)3-7-13-14-10(18-7)15-20(16,17)8-4-6(12)9(11)19-8/h4-5H,3H2,1-2H3,(H,14,15). The Morgan fingerprint density at radius 1 is 1.40 bits per heavy atom. The van der Waals surface area contributed by atoms with Crippen LogP contribution in [0.5, 0.6) is 0 Å². The van der Waals surface area contributed by atoms with Crippen molar-refractivity contribution in [1.29, 1.82) is 0 Å². The molecule has 0 aromatic carbocycles. The second-order valence-electron chi connectivity index (χ2n) is 4.39. The Balaban J connectivity index is 2.18. The van der Waals surface area contributed by atoms with Crippen LogP contribution in [0.25, 0.3) is 0 Å². The first kappa shape index (κ1) is 16.2. The Morgan fingerprint density at radius 2 is 2.10 bits per heavy atom. The Hall–Kier alpha value is -0.220. The molecule has 20 heavy (non-hydrogen) atoms. The fourth-order valence-corrected chi connectivity index (χ4v) is 5.93. The molecule has 0 aliphatic carbocycles. The van der Waals surface area contributed by atoms with Crippen molar-refractivity contribution in [3.05, 3.63) is 19.9 Å². The van der Waals surface area contributed by atoms with Crippen molar-refractivity contribution in [2.24, 2.45) is 5.92 Å². The number of thiophene rings is 1. The molecule has 110 valence electrons. The molecule has 0 saturated heterocycles. The number of hydrogen-bond donors (Lipinski definition) is 1. The smallest absolute Gasteiger partial charge is 0.253 e. The molecule has 0 aliphatic heterocycles. The van der Waals surface area contributed by atoms with E-state index in [4.69, 9.17) is 11.6 Å². The van der Waals surface area contributed by atoms with E-state index in [2.05, 4.69) is 44.7 Å². The van der Waals surface area contributed by atoms with Crippen LogP contribution in [0, 0.1) is 5.92 Å². The molecule has 0 amide bonds. The van der Waals surface area contributed by atoms with Crippen molar-refractivity contribution < 1.29 is 8.42 Å². The maximum atomic E-state index is 12.2. The Labute approximate surface area is 138 Å². The lowest BCUT2D eigenvalue weighted by Gasteiger charge is -2.00. The van der Waals surface area contributed by atoms with Gasteiger partial charge in [-0.05, 0) is 27.9 Å². The average Bonchev–Trinajstić information content (AvgIpc) is 2.86. The maximum Gasteiger partial charge on any atom is 0.273 e. The fourth-order valence-electron chi connectivity index (χ4n) is 1.35. The third kappa shape index (κ3) is 3.91. The number of anilines is 1. The molecule has 0 radical (unpaired) electrons. The summed E-state index contributed by atoms with van der Waals surface area (Å²) in [5, 5.41) is 9.26. The monoisotopic (exact) mass is 415 g/mol. The van der Waals surface area contributed by atoms with Gasteiger partial charge in [-0.15, -0.1) is 21.5 Å². The molecule has 10 heteroatoms. The van der Waals surface area contributed by atoms with Gasteiger partial charge in [0.05, 0.1) is 8.81 Å². The number of rotatable bonds is 5. The Morgan fingerprint density at radius 3 is 2.65 bits per heavy atom. The number of hydrogen-bond acceptors (Lipinski definition) is 6. The molecule has 0 bridgehead atoms. The van der Waals surface area contributed by atoms with Gasteiger partial charge in [0, 0.05) is 6.42 Å². The largest absolute Gasteiger partial charge is 0.273 e. The number of halogens is 2. The van der Waals surface area contributed by atoms with Crippen LogP contribution in [0.15, 0.2) is 14.1 Å². The van der Waals surface area contributed by atoms with Crippen LogP contribution < -0.4 is 4.72 Å². The van der Waals surface area contributed by atoms with Gasteiger partial charge in [0.2, 0.25) is 5.13 Å². The first-order valence-electron chi connectivity index (χ1n) is 5.58. The predicted octanol–water partition coefficient (Wildman–Crippen LogP) is 4.01. The number of nitrogens with zero attached hydrogens (tertiary/aromatic N) is 2. The number of nitrogens with one attached hydrogen (secondary N) is 1. The quantitative estimate of drug-likeness (QED) is 0.799. The summed E-state index contributed by atoms with van der Waals surface area (Å²) in [5.74, 6) is 0.444. The van der Waals surface area contributed by atoms with Gasteiger partial charge in [-0.2, -0.15) is 0 Å². The highest BCUT2D eigenvalue weighted by molar-refractivity contribution is 9.11. The summed E-state index contributed by atoms with van der Waals surface area (Å²) < 4.78 is 27.4. The second kappa shape index (κ2) is 6.27. The van der Waals surface area contributed by atoms with Crippen LogP contribution in [0.3, 0.4) is 0 Å². The van der Waals surface area contributed by atoms with E-state index in [0.717, 1.165) is 22.8 Å². The normalized spacial score (nSPS) is 12.1. The van der Waals surface area contributed by atoms with Gasteiger partial charge in [0.25, 0.3) is 10.0 Å². The van der Waals surface area contributed by atoms with Gasteiger partial charge in [-0.3, -0.25) is 4.72 Å². The average molecular weight is 417 g/mol. The van der Waals surface area contributed by atoms with Crippen LogP contribution in [0.2, 0.25) is 5.02 Å². The van der Waals surface area contributed by atoms with Crippen LogP contribution in [-0.2, 0) is 16.4 Å². The highest BCUT2D eigenvalue weighted by Crippen LogP contribution is 2.35. The van der Waals surface area contributed by atoms with E-state index in [1.807, 2.05) is 0 Å². The third-order valence-corrected chi connectivity index (χ3v) is 7.44. The number of aromatic nitrogens is 2. The summed E-state index contributed by atoms with van der Waals surface area (Å²) in [6, 6.07) is 1.40. The van der Waals surface area contributed by atoms with Crippen molar-refractivity contribution in [3.8, 4) is 0 Å². The zero-order valence-electron chi connectivity index (χ0n) is 10.6. The molecule has 0 fully saturated rings. The van der Waals surface area contributed by atoms with E-state index < -0.39 is 10.0 Å². The van der Waals surface area contributed by atoms with E-state index >= 15 is 0 Å². The van der Waals surface area contributed by atoms with E-state index in [9.17, 15) is 8.42 Å². The molecule has 5 nitrogen and oxygen atoms in total. The van der Waals surface area contributed by atoms with Gasteiger partial charge in [-0.25, -0.2) is 8.42 Å². The lowest BCUT2D eigenvalue weighted by Crippen LogP contribution is -2.11. The zero-order valence-corrected chi connectivity index (χ0v) is 15.3. The van der Waals surface area contributed by atoms with Crippen molar-refractivity contribution in [1.82, 2.24) is 10.2 Å². The van der Waals surface area contributed by atoms with E-state index in [1.165, 1.54) is 17.4 Å². The van der Waals surface area contributed by atoms with Crippen molar-refractivity contribution in [2.45, 2.75) is 24.5 Å². The van der Waals surface area contributed by atoms with Crippen LogP contribution in [-0.4, -0.2) is 18.6 Å². The minimum absolute atomic E-state index is 0.134. The fraction of sp³-hybridized carbons (Fsp3) is 0.400. The lowest BCUT2D eigenvalue weighted by atomic mass is 10.1. The first-order chi connectivity index (χ1) is 9.28. The molecule has 2 aromatic rings. The predicted molar refractivity (Wildman–Crippen MR) is 86.3 cm³/mol. The molecular weight excluding hydrogens is 406 g/mol. The lowest BCUT2D eigenvalue weighted by molar-refractivity contribution is 0.603. The van der Waals surface area contributed by atoms with Crippen molar-refractivity contribution >= 4 is 65.4 Å². The van der Waals surface area contributed by atoms with Gasteiger partial charge < -0.3 is 0 Å². The van der Waals surface area contributed by atoms with Crippen LogP contribution in [0.4, 0.5) is 5.13 Å². The van der Waals surface area contributed by atoms with E-state index in [-0.39, 0.29) is 9.34 Å². The molecule has 0 spiro atoms. The third-order valence-electron chi connectivity index (χ3n) is 2.16. The van der Waals surface area contributed by atoms with Crippen molar-refractivity contribution in [2.75, 3.05) is 4.72 Å². The maximum absolute atomic E-state index is 12.2. The van der Waals surface area contributed by atoms with E-state index in [1.54, 1.807) is 0 Å². The summed E-state index contributed by atoms with van der Waals surface area (Å²) in [4.78, 5) is 0. The van der Waals surface area contributed by atoms with Crippen molar-refractivity contribution in [3.63, 3.8) is 0 Å². The highest BCUT2D eigenvalue weighted by atomic mass is 79.9. The van der Waals surface area contributed by atoms with Gasteiger partial charge in [0.1, 0.15) is 9.22 Å². The molecule has 1 N–H and O–H groups in total. The van der Waals surface area contributed by atoms with E-state index in [0.29, 0.717) is 14.7 Å². The molecule has 0 unspecified atom stereocenters.